The van der Waals surface area contributed by atoms with Crippen LogP contribution in [0.2, 0.25) is 0 Å². The number of nitrogens with zero attached hydrogens (tertiary/aromatic N) is 1. The summed E-state index contributed by atoms with van der Waals surface area (Å²) < 4.78 is 32.8. The van der Waals surface area contributed by atoms with Gasteiger partial charge in [0.15, 0.2) is 0 Å². The van der Waals surface area contributed by atoms with E-state index in [9.17, 15) is 8.42 Å². The summed E-state index contributed by atoms with van der Waals surface area (Å²) >= 11 is 3.30. The van der Waals surface area contributed by atoms with Crippen LogP contribution in [0.25, 0.3) is 0 Å². The molecule has 0 amide bonds. The van der Waals surface area contributed by atoms with Crippen molar-refractivity contribution >= 4 is 26.0 Å². The van der Waals surface area contributed by atoms with Crippen LogP contribution >= 0.6 is 15.9 Å². The molecular formula is C14H21BrN2O3S. The van der Waals surface area contributed by atoms with Gasteiger partial charge in [0, 0.05) is 6.54 Å². The molecule has 0 unspecified atom stereocenters. The van der Waals surface area contributed by atoms with Gasteiger partial charge in [0.1, 0.15) is 5.75 Å². The topological polar surface area (TPSA) is 58.6 Å². The number of benzene rings is 1. The first-order valence-electron chi connectivity index (χ1n) is 7.08. The molecule has 0 spiro atoms. The van der Waals surface area contributed by atoms with E-state index in [-0.39, 0.29) is 4.90 Å². The number of likely N-dealkylation sites (tertiary alicyclic amines) is 1. The molecule has 1 aromatic carbocycles. The van der Waals surface area contributed by atoms with Gasteiger partial charge in [0.25, 0.3) is 0 Å². The minimum Gasteiger partial charge on any atom is -0.496 e. The van der Waals surface area contributed by atoms with Crippen LogP contribution in [0.15, 0.2) is 27.6 Å². The van der Waals surface area contributed by atoms with Crippen LogP contribution in [0, 0.1) is 0 Å². The molecule has 0 atom stereocenters. The Balaban J connectivity index is 1.87. The minimum atomic E-state index is -3.46. The lowest BCUT2D eigenvalue weighted by Crippen LogP contribution is -2.28. The Hall–Kier alpha value is -0.630. The van der Waals surface area contributed by atoms with E-state index >= 15 is 0 Å². The molecule has 21 heavy (non-hydrogen) atoms. The lowest BCUT2D eigenvalue weighted by Gasteiger charge is -2.14. The molecule has 1 aliphatic rings. The van der Waals surface area contributed by atoms with Crippen molar-refractivity contribution in [3.8, 4) is 5.75 Å². The van der Waals surface area contributed by atoms with Crippen molar-refractivity contribution < 1.29 is 13.2 Å². The van der Waals surface area contributed by atoms with Crippen molar-refractivity contribution in [2.75, 3.05) is 33.3 Å². The summed E-state index contributed by atoms with van der Waals surface area (Å²) in [6.07, 6.45) is 3.34. The van der Waals surface area contributed by atoms with Gasteiger partial charge in [-0.2, -0.15) is 0 Å². The first kappa shape index (κ1) is 16.7. The van der Waals surface area contributed by atoms with Gasteiger partial charge in [0.2, 0.25) is 10.0 Å². The van der Waals surface area contributed by atoms with Crippen LogP contribution in [0.1, 0.15) is 19.3 Å². The monoisotopic (exact) mass is 376 g/mol. The molecule has 7 heteroatoms. The number of nitrogens with one attached hydrogen (secondary N) is 1. The summed E-state index contributed by atoms with van der Waals surface area (Å²) in [4.78, 5) is 2.62. The molecule has 1 aliphatic heterocycles. The standard InChI is InChI=1S/C14H21BrN2O3S/c1-20-14-6-5-12(11-13(14)15)21(18,19)16-7-4-10-17-8-2-3-9-17/h5-6,11,16H,2-4,7-10H2,1H3. The van der Waals surface area contributed by atoms with Crippen molar-refractivity contribution in [2.45, 2.75) is 24.2 Å². The van der Waals surface area contributed by atoms with Crippen molar-refractivity contribution in [2.24, 2.45) is 0 Å². The second kappa shape index (κ2) is 7.58. The molecule has 1 heterocycles. The maximum absolute atomic E-state index is 12.2. The molecule has 1 fully saturated rings. The quantitative estimate of drug-likeness (QED) is 0.741. The van der Waals surface area contributed by atoms with Crippen LogP contribution in [0.3, 0.4) is 0 Å². The number of ether oxygens (including phenoxy) is 1. The molecule has 0 bridgehead atoms. The minimum absolute atomic E-state index is 0.247. The van der Waals surface area contributed by atoms with Gasteiger partial charge in [-0.15, -0.1) is 0 Å². The Morgan fingerprint density at radius 1 is 1.33 bits per heavy atom. The second-order valence-corrected chi connectivity index (χ2v) is 7.72. The lowest BCUT2D eigenvalue weighted by molar-refractivity contribution is 0.334. The predicted octanol–water partition coefficient (Wildman–Crippen LogP) is 2.22. The summed E-state index contributed by atoms with van der Waals surface area (Å²) in [5.41, 5.74) is 0. The molecule has 0 aliphatic carbocycles. The van der Waals surface area contributed by atoms with E-state index in [1.165, 1.54) is 12.8 Å². The zero-order valence-corrected chi connectivity index (χ0v) is 14.5. The van der Waals surface area contributed by atoms with Gasteiger partial charge in [-0.3, -0.25) is 0 Å². The Labute approximate surface area is 134 Å². The predicted molar refractivity (Wildman–Crippen MR) is 86.2 cm³/mol. The summed E-state index contributed by atoms with van der Waals surface area (Å²) in [6.45, 7) is 3.69. The fourth-order valence-corrected chi connectivity index (χ4v) is 4.21. The number of rotatable bonds is 7. The van der Waals surface area contributed by atoms with Gasteiger partial charge < -0.3 is 9.64 Å². The van der Waals surface area contributed by atoms with E-state index < -0.39 is 10.0 Å². The number of hydrogen-bond donors (Lipinski definition) is 1. The van der Waals surface area contributed by atoms with Crippen LogP contribution in [0.4, 0.5) is 0 Å². The maximum Gasteiger partial charge on any atom is 0.240 e. The average molecular weight is 377 g/mol. The van der Waals surface area contributed by atoms with E-state index in [1.54, 1.807) is 25.3 Å². The molecule has 5 nitrogen and oxygen atoms in total. The highest BCUT2D eigenvalue weighted by molar-refractivity contribution is 9.10. The first-order valence-corrected chi connectivity index (χ1v) is 9.36. The molecule has 0 saturated carbocycles. The molecule has 2 rings (SSSR count). The zero-order chi connectivity index (χ0) is 15.3. The van der Waals surface area contributed by atoms with Gasteiger partial charge in [-0.05, 0) is 73.0 Å². The first-order chi connectivity index (χ1) is 10.0. The third-order valence-corrected chi connectivity index (χ3v) is 5.65. The van der Waals surface area contributed by atoms with Crippen molar-refractivity contribution in [3.05, 3.63) is 22.7 Å². The molecule has 0 aromatic heterocycles. The Kier molecular flexibility index (Phi) is 6.04. The fraction of sp³-hybridized carbons (Fsp3) is 0.571. The highest BCUT2D eigenvalue weighted by Crippen LogP contribution is 2.27. The summed E-state index contributed by atoms with van der Waals surface area (Å²) in [5, 5.41) is 0. The lowest BCUT2D eigenvalue weighted by atomic mass is 10.3. The summed E-state index contributed by atoms with van der Waals surface area (Å²) in [5.74, 6) is 0.614. The zero-order valence-electron chi connectivity index (χ0n) is 12.1. The average Bonchev–Trinajstić information content (AvgIpc) is 2.97. The largest absolute Gasteiger partial charge is 0.496 e. The molecule has 0 radical (unpaired) electrons. The highest BCUT2D eigenvalue weighted by Gasteiger charge is 2.16. The van der Waals surface area contributed by atoms with Gasteiger partial charge in [-0.1, -0.05) is 0 Å². The smallest absolute Gasteiger partial charge is 0.240 e. The van der Waals surface area contributed by atoms with Crippen molar-refractivity contribution in [1.29, 1.82) is 0 Å². The van der Waals surface area contributed by atoms with Gasteiger partial charge in [0.05, 0.1) is 16.5 Å². The van der Waals surface area contributed by atoms with Crippen LogP contribution in [-0.4, -0.2) is 46.6 Å². The SMILES string of the molecule is COc1ccc(S(=O)(=O)NCCCN2CCCC2)cc1Br. The Bertz CT molecular complexity index is 572. The maximum atomic E-state index is 12.2. The van der Waals surface area contributed by atoms with Crippen LogP contribution in [0.5, 0.6) is 5.75 Å². The van der Waals surface area contributed by atoms with E-state index in [0.717, 1.165) is 26.1 Å². The third kappa shape index (κ3) is 4.67. The Morgan fingerprint density at radius 3 is 2.67 bits per heavy atom. The third-order valence-electron chi connectivity index (χ3n) is 3.58. The van der Waals surface area contributed by atoms with Crippen molar-refractivity contribution in [3.63, 3.8) is 0 Å². The van der Waals surface area contributed by atoms with Gasteiger partial charge in [-0.25, -0.2) is 13.1 Å². The molecule has 1 N–H and O–H groups in total. The second-order valence-electron chi connectivity index (χ2n) is 5.10. The molecule has 1 aromatic rings. The number of hydrogen-bond acceptors (Lipinski definition) is 4. The van der Waals surface area contributed by atoms with E-state index in [1.807, 2.05) is 0 Å². The van der Waals surface area contributed by atoms with Crippen LogP contribution in [-0.2, 0) is 10.0 Å². The fourth-order valence-electron chi connectivity index (χ4n) is 2.41. The molecule has 118 valence electrons. The number of halogens is 1. The van der Waals surface area contributed by atoms with Gasteiger partial charge >= 0.3 is 0 Å². The van der Waals surface area contributed by atoms with E-state index in [4.69, 9.17) is 4.74 Å². The highest BCUT2D eigenvalue weighted by atomic mass is 79.9. The Morgan fingerprint density at radius 2 is 2.05 bits per heavy atom. The summed E-state index contributed by atoms with van der Waals surface area (Å²) in [7, 11) is -1.91. The molecule has 1 saturated heterocycles. The normalized spacial score (nSPS) is 16.3. The van der Waals surface area contributed by atoms with E-state index in [2.05, 4.69) is 25.6 Å². The number of sulfonamides is 1. The molecular weight excluding hydrogens is 356 g/mol. The van der Waals surface area contributed by atoms with E-state index in [0.29, 0.717) is 16.8 Å². The summed E-state index contributed by atoms with van der Waals surface area (Å²) in [6, 6.07) is 4.75. The number of methoxy groups -OCH3 is 1. The van der Waals surface area contributed by atoms with Crippen molar-refractivity contribution in [1.82, 2.24) is 9.62 Å². The van der Waals surface area contributed by atoms with Crippen LogP contribution < -0.4 is 9.46 Å².